The van der Waals surface area contributed by atoms with Crippen molar-refractivity contribution in [3.8, 4) is 10.6 Å². The van der Waals surface area contributed by atoms with E-state index in [2.05, 4.69) is 15.3 Å². The molecule has 0 radical (unpaired) electrons. The molecule has 6 heteroatoms. The number of aromatic nitrogens is 2. The standard InChI is InChI=1S/C13H9N3OS2/c17-12(9-3-1-5-14-7-9)16-13-15-10(8-19-13)11-4-2-6-18-11/h1-8H,(H,15,16,17). The molecule has 0 aromatic carbocycles. The second kappa shape index (κ2) is 5.29. The van der Waals surface area contributed by atoms with Crippen molar-refractivity contribution in [3.63, 3.8) is 0 Å². The number of nitrogens with one attached hydrogen (secondary N) is 1. The summed E-state index contributed by atoms with van der Waals surface area (Å²) in [6.45, 7) is 0. The Morgan fingerprint density at radius 1 is 1.21 bits per heavy atom. The lowest BCUT2D eigenvalue weighted by molar-refractivity contribution is 0.102. The van der Waals surface area contributed by atoms with Crippen LogP contribution in [0.3, 0.4) is 0 Å². The van der Waals surface area contributed by atoms with Crippen molar-refractivity contribution in [2.75, 3.05) is 5.32 Å². The lowest BCUT2D eigenvalue weighted by atomic mass is 10.3. The molecule has 94 valence electrons. The first-order valence-electron chi connectivity index (χ1n) is 5.54. The van der Waals surface area contributed by atoms with E-state index >= 15 is 0 Å². The quantitative estimate of drug-likeness (QED) is 0.802. The molecule has 0 fully saturated rings. The summed E-state index contributed by atoms with van der Waals surface area (Å²) < 4.78 is 0. The van der Waals surface area contributed by atoms with Gasteiger partial charge in [0.05, 0.1) is 16.1 Å². The number of carbonyl (C=O) groups is 1. The van der Waals surface area contributed by atoms with Crippen molar-refractivity contribution in [3.05, 3.63) is 53.0 Å². The van der Waals surface area contributed by atoms with E-state index in [0.717, 1.165) is 10.6 Å². The third-order valence-corrected chi connectivity index (χ3v) is 4.07. The SMILES string of the molecule is O=C(Nc1nc(-c2cccs2)cs1)c1cccnc1. The maximum atomic E-state index is 11.9. The third-order valence-electron chi connectivity index (χ3n) is 2.42. The van der Waals surface area contributed by atoms with Gasteiger partial charge in [0.25, 0.3) is 5.91 Å². The van der Waals surface area contributed by atoms with E-state index < -0.39 is 0 Å². The zero-order chi connectivity index (χ0) is 13.1. The summed E-state index contributed by atoms with van der Waals surface area (Å²) >= 11 is 3.04. The van der Waals surface area contributed by atoms with Crippen LogP contribution >= 0.6 is 22.7 Å². The molecule has 4 nitrogen and oxygen atoms in total. The average Bonchev–Trinajstić information content (AvgIpc) is 3.10. The highest BCUT2D eigenvalue weighted by atomic mass is 32.1. The van der Waals surface area contributed by atoms with Gasteiger partial charge in [-0.15, -0.1) is 22.7 Å². The van der Waals surface area contributed by atoms with Gasteiger partial charge in [0.1, 0.15) is 0 Å². The number of amides is 1. The highest BCUT2D eigenvalue weighted by molar-refractivity contribution is 7.16. The maximum absolute atomic E-state index is 11.9. The van der Waals surface area contributed by atoms with Crippen molar-refractivity contribution in [2.45, 2.75) is 0 Å². The Balaban J connectivity index is 1.76. The summed E-state index contributed by atoms with van der Waals surface area (Å²) in [6, 6.07) is 7.43. The number of thiazole rings is 1. The highest BCUT2D eigenvalue weighted by Crippen LogP contribution is 2.28. The summed E-state index contributed by atoms with van der Waals surface area (Å²) in [7, 11) is 0. The van der Waals surface area contributed by atoms with E-state index in [4.69, 9.17) is 0 Å². The summed E-state index contributed by atoms with van der Waals surface area (Å²) in [5.74, 6) is -0.194. The van der Waals surface area contributed by atoms with Gasteiger partial charge < -0.3 is 0 Å². The van der Waals surface area contributed by atoms with E-state index in [1.807, 2.05) is 22.9 Å². The summed E-state index contributed by atoms with van der Waals surface area (Å²) in [5, 5.41) is 7.31. The Morgan fingerprint density at radius 3 is 2.89 bits per heavy atom. The summed E-state index contributed by atoms with van der Waals surface area (Å²) in [5.41, 5.74) is 1.41. The normalized spacial score (nSPS) is 10.3. The van der Waals surface area contributed by atoms with Crippen LogP contribution in [-0.2, 0) is 0 Å². The minimum Gasteiger partial charge on any atom is -0.298 e. The van der Waals surface area contributed by atoms with Crippen molar-refractivity contribution in [2.24, 2.45) is 0 Å². The molecule has 3 aromatic rings. The lowest BCUT2D eigenvalue weighted by Gasteiger charge is -2.00. The molecule has 0 aliphatic carbocycles. The Hall–Kier alpha value is -2.05. The molecule has 0 aliphatic heterocycles. The fourth-order valence-electron chi connectivity index (χ4n) is 1.53. The monoisotopic (exact) mass is 287 g/mol. The molecule has 0 spiro atoms. The first kappa shape index (κ1) is 12.0. The van der Waals surface area contributed by atoms with Gasteiger partial charge in [-0.05, 0) is 23.6 Å². The van der Waals surface area contributed by atoms with Crippen LogP contribution in [0.5, 0.6) is 0 Å². The Morgan fingerprint density at radius 2 is 2.16 bits per heavy atom. The van der Waals surface area contributed by atoms with Crippen LogP contribution in [0.4, 0.5) is 5.13 Å². The molecule has 1 amide bonds. The Labute approximate surface area is 117 Å². The first-order valence-corrected chi connectivity index (χ1v) is 7.29. The van der Waals surface area contributed by atoms with Crippen LogP contribution in [0.1, 0.15) is 10.4 Å². The average molecular weight is 287 g/mol. The maximum Gasteiger partial charge on any atom is 0.259 e. The van der Waals surface area contributed by atoms with Crippen molar-refractivity contribution in [1.82, 2.24) is 9.97 Å². The van der Waals surface area contributed by atoms with Crippen LogP contribution in [0, 0.1) is 0 Å². The summed E-state index contributed by atoms with van der Waals surface area (Å²) in [6.07, 6.45) is 3.16. The van der Waals surface area contributed by atoms with E-state index in [1.54, 1.807) is 29.7 Å². The minimum atomic E-state index is -0.194. The number of thiophene rings is 1. The molecule has 0 unspecified atom stereocenters. The van der Waals surface area contributed by atoms with Crippen molar-refractivity contribution in [1.29, 1.82) is 0 Å². The molecular formula is C13H9N3OS2. The molecule has 19 heavy (non-hydrogen) atoms. The van der Waals surface area contributed by atoms with Crippen LogP contribution < -0.4 is 5.32 Å². The van der Waals surface area contributed by atoms with Crippen LogP contribution in [0.2, 0.25) is 0 Å². The molecule has 1 N–H and O–H groups in total. The van der Waals surface area contributed by atoms with E-state index in [1.165, 1.54) is 17.5 Å². The molecule has 0 saturated carbocycles. The summed E-state index contributed by atoms with van der Waals surface area (Å²) in [4.78, 5) is 21.3. The molecule has 3 rings (SSSR count). The van der Waals surface area contributed by atoms with Crippen LogP contribution in [0.15, 0.2) is 47.4 Å². The van der Waals surface area contributed by atoms with Gasteiger partial charge in [0, 0.05) is 17.8 Å². The highest BCUT2D eigenvalue weighted by Gasteiger charge is 2.10. The van der Waals surface area contributed by atoms with Crippen LogP contribution in [-0.4, -0.2) is 15.9 Å². The predicted octanol–water partition coefficient (Wildman–Crippen LogP) is 3.52. The molecule has 3 aromatic heterocycles. The number of hydrogen-bond acceptors (Lipinski definition) is 5. The van der Waals surface area contributed by atoms with E-state index in [0.29, 0.717) is 10.7 Å². The number of hydrogen-bond donors (Lipinski definition) is 1. The van der Waals surface area contributed by atoms with Gasteiger partial charge in [0.2, 0.25) is 0 Å². The second-order valence-electron chi connectivity index (χ2n) is 3.71. The van der Waals surface area contributed by atoms with Gasteiger partial charge in [-0.3, -0.25) is 15.1 Å². The second-order valence-corrected chi connectivity index (χ2v) is 5.52. The van der Waals surface area contributed by atoms with E-state index in [-0.39, 0.29) is 5.91 Å². The van der Waals surface area contributed by atoms with E-state index in [9.17, 15) is 4.79 Å². The predicted molar refractivity (Wildman–Crippen MR) is 77.6 cm³/mol. The van der Waals surface area contributed by atoms with Gasteiger partial charge in [-0.2, -0.15) is 0 Å². The number of carbonyl (C=O) groups excluding carboxylic acids is 1. The molecular weight excluding hydrogens is 278 g/mol. The number of nitrogens with zero attached hydrogens (tertiary/aromatic N) is 2. The molecule has 0 saturated heterocycles. The number of anilines is 1. The Bertz CT molecular complexity index is 677. The van der Waals surface area contributed by atoms with Gasteiger partial charge in [0.15, 0.2) is 5.13 Å². The number of pyridine rings is 1. The zero-order valence-electron chi connectivity index (χ0n) is 9.74. The van der Waals surface area contributed by atoms with Gasteiger partial charge in [-0.25, -0.2) is 4.98 Å². The molecule has 0 aliphatic rings. The zero-order valence-corrected chi connectivity index (χ0v) is 11.4. The lowest BCUT2D eigenvalue weighted by Crippen LogP contribution is -2.11. The first-order chi connectivity index (χ1) is 9.33. The minimum absolute atomic E-state index is 0.194. The van der Waals surface area contributed by atoms with Gasteiger partial charge in [-0.1, -0.05) is 6.07 Å². The molecule has 3 heterocycles. The third kappa shape index (κ3) is 2.69. The largest absolute Gasteiger partial charge is 0.298 e. The van der Waals surface area contributed by atoms with Crippen molar-refractivity contribution >= 4 is 33.7 Å². The number of rotatable bonds is 3. The topological polar surface area (TPSA) is 54.9 Å². The van der Waals surface area contributed by atoms with Crippen LogP contribution in [0.25, 0.3) is 10.6 Å². The van der Waals surface area contributed by atoms with Crippen molar-refractivity contribution < 1.29 is 4.79 Å². The van der Waals surface area contributed by atoms with Gasteiger partial charge >= 0.3 is 0 Å². The fraction of sp³-hybridized carbons (Fsp3) is 0. The molecule has 0 bridgehead atoms. The Kier molecular flexibility index (Phi) is 3.35. The molecule has 0 atom stereocenters. The fourth-order valence-corrected chi connectivity index (χ4v) is 3.00. The smallest absolute Gasteiger partial charge is 0.259 e.